The molecule has 1 N–H and O–H groups in total. The lowest BCUT2D eigenvalue weighted by molar-refractivity contribution is -0.128. The van der Waals surface area contributed by atoms with E-state index >= 15 is 0 Å². The molecule has 2 heterocycles. The second kappa shape index (κ2) is 5.72. The third-order valence-corrected chi connectivity index (χ3v) is 5.02. The van der Waals surface area contributed by atoms with Crippen LogP contribution in [0.2, 0.25) is 0 Å². The Morgan fingerprint density at radius 1 is 1.20 bits per heavy atom. The van der Waals surface area contributed by atoms with Crippen LogP contribution in [0, 0.1) is 0 Å². The summed E-state index contributed by atoms with van der Waals surface area (Å²) in [4.78, 5) is 26.0. The average Bonchev–Trinajstić information content (AvgIpc) is 3.03. The summed E-state index contributed by atoms with van der Waals surface area (Å²) in [7, 11) is 0. The van der Waals surface area contributed by atoms with Crippen LogP contribution in [0.25, 0.3) is 0 Å². The van der Waals surface area contributed by atoms with Gasteiger partial charge in [-0.05, 0) is 38.5 Å². The van der Waals surface area contributed by atoms with E-state index in [1.807, 2.05) is 4.90 Å². The van der Waals surface area contributed by atoms with E-state index in [4.69, 9.17) is 4.74 Å². The van der Waals surface area contributed by atoms with Crippen LogP contribution in [0.1, 0.15) is 57.8 Å². The van der Waals surface area contributed by atoms with Gasteiger partial charge in [0.1, 0.15) is 5.54 Å². The number of ether oxygens (including phenoxy) is 1. The molecule has 3 aliphatic rings. The van der Waals surface area contributed by atoms with Gasteiger partial charge in [0.2, 0.25) is 0 Å². The lowest BCUT2D eigenvalue weighted by Crippen LogP contribution is -2.51. The van der Waals surface area contributed by atoms with Crippen LogP contribution in [0.5, 0.6) is 0 Å². The van der Waals surface area contributed by atoms with Crippen LogP contribution in [0.15, 0.2) is 0 Å². The Bertz CT molecular complexity index is 385. The van der Waals surface area contributed by atoms with E-state index in [-0.39, 0.29) is 11.9 Å². The lowest BCUT2D eigenvalue weighted by atomic mass is 9.80. The van der Waals surface area contributed by atoms with Gasteiger partial charge in [0.05, 0.1) is 6.10 Å². The van der Waals surface area contributed by atoms with E-state index in [9.17, 15) is 9.59 Å². The number of imide groups is 1. The van der Waals surface area contributed by atoms with Gasteiger partial charge >= 0.3 is 6.03 Å². The van der Waals surface area contributed by atoms with Crippen molar-refractivity contribution >= 4 is 11.9 Å². The largest absolute Gasteiger partial charge is 0.378 e. The first-order valence-corrected chi connectivity index (χ1v) is 7.97. The highest BCUT2D eigenvalue weighted by Crippen LogP contribution is 2.37. The van der Waals surface area contributed by atoms with E-state index < -0.39 is 5.54 Å². The maximum Gasteiger partial charge on any atom is 0.325 e. The molecule has 112 valence electrons. The summed E-state index contributed by atoms with van der Waals surface area (Å²) in [6, 6.07) is -0.191. The van der Waals surface area contributed by atoms with Crippen molar-refractivity contribution in [3.8, 4) is 0 Å². The van der Waals surface area contributed by atoms with E-state index in [0.29, 0.717) is 12.6 Å². The molecule has 1 atom stereocenters. The summed E-state index contributed by atoms with van der Waals surface area (Å²) in [6.07, 6.45) is 9.47. The fourth-order valence-electron chi connectivity index (χ4n) is 3.90. The molecule has 1 saturated carbocycles. The maximum absolute atomic E-state index is 12.2. The topological polar surface area (TPSA) is 58.6 Å². The van der Waals surface area contributed by atoms with Gasteiger partial charge in [0.25, 0.3) is 5.91 Å². The molecule has 1 unspecified atom stereocenters. The maximum atomic E-state index is 12.2. The Kier molecular flexibility index (Phi) is 3.96. The molecule has 0 radical (unpaired) electrons. The van der Waals surface area contributed by atoms with Crippen molar-refractivity contribution in [1.82, 2.24) is 10.2 Å². The second-order valence-electron chi connectivity index (χ2n) is 6.28. The monoisotopic (exact) mass is 280 g/mol. The van der Waals surface area contributed by atoms with E-state index in [1.165, 1.54) is 6.42 Å². The molecular weight excluding hydrogens is 256 g/mol. The minimum Gasteiger partial charge on any atom is -0.378 e. The Morgan fingerprint density at radius 2 is 2.00 bits per heavy atom. The van der Waals surface area contributed by atoms with Crippen molar-refractivity contribution < 1.29 is 14.3 Å². The first-order chi connectivity index (χ1) is 9.72. The highest BCUT2D eigenvalue weighted by Gasteiger charge is 2.52. The number of hydrogen-bond donors (Lipinski definition) is 1. The minimum absolute atomic E-state index is 0.0701. The molecule has 3 fully saturated rings. The normalized spacial score (nSPS) is 29.2. The Balaban J connectivity index is 1.60. The number of rotatable bonds is 4. The summed E-state index contributed by atoms with van der Waals surface area (Å²) in [5.41, 5.74) is -0.536. The number of amides is 3. The van der Waals surface area contributed by atoms with Crippen LogP contribution < -0.4 is 5.32 Å². The molecule has 2 aliphatic heterocycles. The third kappa shape index (κ3) is 2.43. The zero-order valence-corrected chi connectivity index (χ0v) is 12.0. The van der Waals surface area contributed by atoms with Crippen molar-refractivity contribution in [2.75, 3.05) is 13.2 Å². The molecule has 5 heteroatoms. The molecule has 3 amide bonds. The van der Waals surface area contributed by atoms with Gasteiger partial charge in [0, 0.05) is 13.2 Å². The quantitative estimate of drug-likeness (QED) is 0.803. The minimum atomic E-state index is -0.536. The van der Waals surface area contributed by atoms with Gasteiger partial charge in [-0.3, -0.25) is 10.1 Å². The fraction of sp³-hybridized carbons (Fsp3) is 0.867. The highest BCUT2D eigenvalue weighted by atomic mass is 16.5. The SMILES string of the molecule is O=C1NC(=O)C2(CCCCC2)N1CCCC1CCCO1. The van der Waals surface area contributed by atoms with Crippen molar-refractivity contribution in [1.29, 1.82) is 0 Å². The van der Waals surface area contributed by atoms with Crippen molar-refractivity contribution in [2.24, 2.45) is 0 Å². The number of carbonyl (C=O) groups excluding carboxylic acids is 2. The first-order valence-electron chi connectivity index (χ1n) is 7.97. The molecular formula is C15H24N2O3. The number of carbonyl (C=O) groups is 2. The number of urea groups is 1. The van der Waals surface area contributed by atoms with Crippen molar-refractivity contribution in [3.63, 3.8) is 0 Å². The predicted octanol–water partition coefficient (Wildman–Crippen LogP) is 2.20. The molecule has 0 aromatic heterocycles. The second-order valence-corrected chi connectivity index (χ2v) is 6.28. The molecule has 3 rings (SSSR count). The van der Waals surface area contributed by atoms with Gasteiger partial charge in [-0.2, -0.15) is 0 Å². The van der Waals surface area contributed by atoms with Crippen LogP contribution in [0.3, 0.4) is 0 Å². The summed E-state index contributed by atoms with van der Waals surface area (Å²) in [5.74, 6) is -0.0701. The molecule has 20 heavy (non-hydrogen) atoms. The molecule has 1 aliphatic carbocycles. The smallest absolute Gasteiger partial charge is 0.325 e. The molecule has 2 saturated heterocycles. The first kappa shape index (κ1) is 13.9. The van der Waals surface area contributed by atoms with Crippen molar-refractivity contribution in [3.05, 3.63) is 0 Å². The molecule has 1 spiro atoms. The molecule has 5 nitrogen and oxygen atoms in total. The van der Waals surface area contributed by atoms with Crippen LogP contribution in [-0.4, -0.2) is 41.6 Å². The lowest BCUT2D eigenvalue weighted by Gasteiger charge is -2.38. The van der Waals surface area contributed by atoms with Crippen LogP contribution in [0.4, 0.5) is 4.79 Å². The molecule has 0 aromatic rings. The summed E-state index contributed by atoms with van der Waals surface area (Å²) in [6.45, 7) is 1.55. The average molecular weight is 280 g/mol. The van der Waals surface area contributed by atoms with Gasteiger partial charge in [-0.1, -0.05) is 19.3 Å². The Hall–Kier alpha value is -1.10. The van der Waals surface area contributed by atoms with E-state index in [1.54, 1.807) is 0 Å². The summed E-state index contributed by atoms with van der Waals surface area (Å²) < 4.78 is 5.62. The highest BCUT2D eigenvalue weighted by molar-refractivity contribution is 6.07. The molecule has 0 aromatic carbocycles. The Labute approximate surface area is 120 Å². The zero-order valence-electron chi connectivity index (χ0n) is 12.0. The van der Waals surface area contributed by atoms with Gasteiger partial charge in [-0.25, -0.2) is 4.79 Å². The van der Waals surface area contributed by atoms with E-state index in [0.717, 1.165) is 58.0 Å². The van der Waals surface area contributed by atoms with Crippen molar-refractivity contribution in [2.45, 2.75) is 69.4 Å². The summed E-state index contributed by atoms with van der Waals surface area (Å²) in [5, 5.41) is 2.52. The summed E-state index contributed by atoms with van der Waals surface area (Å²) >= 11 is 0. The van der Waals surface area contributed by atoms with Crippen LogP contribution in [-0.2, 0) is 9.53 Å². The zero-order chi connectivity index (χ0) is 14.0. The van der Waals surface area contributed by atoms with E-state index in [2.05, 4.69) is 5.32 Å². The van der Waals surface area contributed by atoms with Crippen LogP contribution >= 0.6 is 0 Å². The molecule has 0 bridgehead atoms. The number of hydrogen-bond acceptors (Lipinski definition) is 3. The van der Waals surface area contributed by atoms with Gasteiger partial charge in [0.15, 0.2) is 0 Å². The van der Waals surface area contributed by atoms with Gasteiger partial charge < -0.3 is 9.64 Å². The third-order valence-electron chi connectivity index (χ3n) is 5.02. The predicted molar refractivity (Wildman–Crippen MR) is 74.3 cm³/mol. The number of nitrogens with zero attached hydrogens (tertiary/aromatic N) is 1. The standard InChI is InChI=1S/C15H24N2O3/c18-13-15(8-2-1-3-9-15)17(14(19)16-13)10-4-6-12-7-5-11-20-12/h12H,1-11H2,(H,16,18,19). The Morgan fingerprint density at radius 3 is 2.70 bits per heavy atom. The fourth-order valence-corrected chi connectivity index (χ4v) is 3.90. The van der Waals surface area contributed by atoms with Gasteiger partial charge in [-0.15, -0.1) is 0 Å². The number of nitrogens with one attached hydrogen (secondary N) is 1.